The molecule has 1 heterocycles. The van der Waals surface area contributed by atoms with Crippen LogP contribution in [-0.4, -0.2) is 17.8 Å². The van der Waals surface area contributed by atoms with Gasteiger partial charge < -0.3 is 9.30 Å². The van der Waals surface area contributed by atoms with Crippen LogP contribution in [0.2, 0.25) is 0 Å². The lowest BCUT2D eigenvalue weighted by Gasteiger charge is -2.07. The van der Waals surface area contributed by atoms with Crippen molar-refractivity contribution in [2.75, 3.05) is 13.2 Å². The summed E-state index contributed by atoms with van der Waals surface area (Å²) in [5.74, 6) is 0. The minimum atomic E-state index is 0.0491. The molecule has 0 spiro atoms. The Kier molecular flexibility index (Phi) is 5.31. The molecule has 0 aliphatic heterocycles. The van der Waals surface area contributed by atoms with E-state index in [0.717, 1.165) is 22.2 Å². The second-order valence-corrected chi connectivity index (χ2v) is 4.61. The van der Waals surface area contributed by atoms with Crippen LogP contribution in [0.3, 0.4) is 0 Å². The quantitative estimate of drug-likeness (QED) is 0.615. The van der Waals surface area contributed by atoms with E-state index in [-0.39, 0.29) is 5.56 Å². The van der Waals surface area contributed by atoms with Crippen LogP contribution in [0.25, 0.3) is 0 Å². The highest BCUT2D eigenvalue weighted by Gasteiger charge is 2.00. The molecule has 0 fully saturated rings. The maximum Gasteiger partial charge on any atom is 0.250 e. The number of aryl methyl sites for hydroxylation is 1. The summed E-state index contributed by atoms with van der Waals surface area (Å²) in [5.41, 5.74) is 1.08. The lowest BCUT2D eigenvalue weighted by molar-refractivity contribution is 0.126. The minimum Gasteiger partial charge on any atom is -0.380 e. The topological polar surface area (TPSA) is 31.2 Å². The van der Waals surface area contributed by atoms with Crippen molar-refractivity contribution in [2.45, 2.75) is 26.8 Å². The summed E-state index contributed by atoms with van der Waals surface area (Å²) >= 11 is 2.23. The van der Waals surface area contributed by atoms with Crippen molar-refractivity contribution in [1.82, 2.24) is 4.57 Å². The molecule has 84 valence electrons. The molecule has 0 bridgehead atoms. The summed E-state index contributed by atoms with van der Waals surface area (Å²) < 4.78 is 8.16. The molecule has 0 amide bonds. The zero-order chi connectivity index (χ0) is 11.3. The Morgan fingerprint density at radius 1 is 1.47 bits per heavy atom. The van der Waals surface area contributed by atoms with E-state index in [1.165, 1.54) is 0 Å². The van der Waals surface area contributed by atoms with E-state index in [0.29, 0.717) is 13.2 Å². The second kappa shape index (κ2) is 6.27. The van der Waals surface area contributed by atoms with Gasteiger partial charge in [0.1, 0.15) is 0 Å². The first-order valence-electron chi connectivity index (χ1n) is 5.09. The van der Waals surface area contributed by atoms with Crippen LogP contribution in [0.4, 0.5) is 0 Å². The van der Waals surface area contributed by atoms with Crippen LogP contribution in [0, 0.1) is 10.5 Å². The maximum absolute atomic E-state index is 11.6. The molecular formula is C11H16INO2. The van der Waals surface area contributed by atoms with Crippen molar-refractivity contribution in [2.24, 2.45) is 0 Å². The van der Waals surface area contributed by atoms with Crippen molar-refractivity contribution in [3.63, 3.8) is 0 Å². The summed E-state index contributed by atoms with van der Waals surface area (Å²) in [6.07, 6.45) is 2.90. The Balaban J connectivity index is 2.61. The first kappa shape index (κ1) is 12.7. The van der Waals surface area contributed by atoms with Gasteiger partial charge in [0.05, 0.1) is 6.61 Å². The van der Waals surface area contributed by atoms with E-state index in [9.17, 15) is 4.79 Å². The van der Waals surface area contributed by atoms with E-state index in [1.807, 2.05) is 13.1 Å². The van der Waals surface area contributed by atoms with Gasteiger partial charge >= 0.3 is 0 Å². The van der Waals surface area contributed by atoms with Gasteiger partial charge in [0.2, 0.25) is 0 Å². The van der Waals surface area contributed by atoms with Crippen LogP contribution >= 0.6 is 22.6 Å². The predicted octanol–water partition coefficient (Wildman–Crippen LogP) is 2.19. The van der Waals surface area contributed by atoms with Crippen molar-refractivity contribution < 1.29 is 4.74 Å². The Hall–Kier alpha value is -0.360. The summed E-state index contributed by atoms with van der Waals surface area (Å²) in [7, 11) is 0. The first-order valence-corrected chi connectivity index (χ1v) is 6.17. The summed E-state index contributed by atoms with van der Waals surface area (Å²) in [5, 5.41) is 0. The average molecular weight is 321 g/mol. The van der Waals surface area contributed by atoms with Gasteiger partial charge in [-0.25, -0.2) is 0 Å². The fourth-order valence-electron chi connectivity index (χ4n) is 1.22. The Morgan fingerprint density at radius 3 is 2.87 bits per heavy atom. The third-order valence-corrected chi connectivity index (χ3v) is 3.22. The third-order valence-electron chi connectivity index (χ3n) is 2.09. The average Bonchev–Trinajstić information content (AvgIpc) is 2.20. The SMILES string of the molecule is CCCOCCn1cc(I)c(C)cc1=O. The highest BCUT2D eigenvalue weighted by Crippen LogP contribution is 2.07. The zero-order valence-electron chi connectivity index (χ0n) is 9.12. The monoisotopic (exact) mass is 321 g/mol. The van der Waals surface area contributed by atoms with Gasteiger partial charge in [-0.05, 0) is 41.5 Å². The van der Waals surface area contributed by atoms with E-state index in [2.05, 4.69) is 29.5 Å². The highest BCUT2D eigenvalue weighted by molar-refractivity contribution is 14.1. The molecule has 1 aromatic heterocycles. The number of rotatable bonds is 5. The molecule has 0 saturated heterocycles. The van der Waals surface area contributed by atoms with E-state index in [1.54, 1.807) is 10.6 Å². The van der Waals surface area contributed by atoms with Crippen LogP contribution in [0.1, 0.15) is 18.9 Å². The molecule has 3 nitrogen and oxygen atoms in total. The van der Waals surface area contributed by atoms with Gasteiger partial charge in [-0.15, -0.1) is 0 Å². The lowest BCUT2D eigenvalue weighted by atomic mass is 10.3. The van der Waals surface area contributed by atoms with E-state index in [4.69, 9.17) is 4.74 Å². The third kappa shape index (κ3) is 3.95. The smallest absolute Gasteiger partial charge is 0.250 e. The number of halogens is 1. The van der Waals surface area contributed by atoms with Crippen LogP contribution < -0.4 is 5.56 Å². The summed E-state index contributed by atoms with van der Waals surface area (Å²) in [4.78, 5) is 11.6. The number of nitrogens with zero attached hydrogens (tertiary/aromatic N) is 1. The summed E-state index contributed by atoms with van der Waals surface area (Å²) in [6, 6.07) is 1.67. The van der Waals surface area contributed by atoms with Crippen molar-refractivity contribution in [3.8, 4) is 0 Å². The molecule has 4 heteroatoms. The standard InChI is InChI=1S/C11H16INO2/c1-3-5-15-6-4-13-8-10(12)9(2)7-11(13)14/h7-8H,3-6H2,1-2H3. The normalized spacial score (nSPS) is 10.6. The van der Waals surface area contributed by atoms with Gasteiger partial charge in [0, 0.05) is 29.0 Å². The molecule has 1 aromatic rings. The van der Waals surface area contributed by atoms with Gasteiger partial charge in [0.15, 0.2) is 0 Å². The molecule has 0 unspecified atom stereocenters. The molecule has 0 aliphatic rings. The van der Waals surface area contributed by atoms with Gasteiger partial charge in [-0.3, -0.25) is 4.79 Å². The predicted molar refractivity (Wildman–Crippen MR) is 69.3 cm³/mol. The Morgan fingerprint density at radius 2 is 2.20 bits per heavy atom. The number of pyridine rings is 1. The lowest BCUT2D eigenvalue weighted by Crippen LogP contribution is -2.22. The fraction of sp³-hybridized carbons (Fsp3) is 0.545. The van der Waals surface area contributed by atoms with Crippen molar-refractivity contribution in [3.05, 3.63) is 31.8 Å². The molecule has 1 rings (SSSR count). The number of hydrogen-bond acceptors (Lipinski definition) is 2. The van der Waals surface area contributed by atoms with Crippen LogP contribution in [0.15, 0.2) is 17.1 Å². The van der Waals surface area contributed by atoms with Gasteiger partial charge in [-0.1, -0.05) is 6.92 Å². The largest absolute Gasteiger partial charge is 0.380 e. The van der Waals surface area contributed by atoms with Gasteiger partial charge in [-0.2, -0.15) is 0 Å². The van der Waals surface area contributed by atoms with Crippen LogP contribution in [-0.2, 0) is 11.3 Å². The molecule has 0 aliphatic carbocycles. The number of aromatic nitrogens is 1. The van der Waals surface area contributed by atoms with Crippen LogP contribution in [0.5, 0.6) is 0 Å². The maximum atomic E-state index is 11.6. The zero-order valence-corrected chi connectivity index (χ0v) is 11.3. The molecule has 0 N–H and O–H groups in total. The summed E-state index contributed by atoms with van der Waals surface area (Å²) in [6.45, 7) is 6.02. The fourth-order valence-corrected chi connectivity index (χ4v) is 1.72. The molecule has 0 atom stereocenters. The number of hydrogen-bond donors (Lipinski definition) is 0. The molecule has 0 radical (unpaired) electrons. The van der Waals surface area contributed by atoms with E-state index >= 15 is 0 Å². The minimum absolute atomic E-state index is 0.0491. The molecule has 0 aromatic carbocycles. The Labute approximate surface area is 104 Å². The van der Waals surface area contributed by atoms with E-state index < -0.39 is 0 Å². The number of ether oxygens (including phenoxy) is 1. The molecular weight excluding hydrogens is 305 g/mol. The van der Waals surface area contributed by atoms with Crippen molar-refractivity contribution in [1.29, 1.82) is 0 Å². The second-order valence-electron chi connectivity index (χ2n) is 3.45. The van der Waals surface area contributed by atoms with Crippen molar-refractivity contribution >= 4 is 22.6 Å². The molecule has 15 heavy (non-hydrogen) atoms. The molecule has 0 saturated carbocycles. The highest BCUT2D eigenvalue weighted by atomic mass is 127. The first-order chi connectivity index (χ1) is 7.15. The Bertz CT molecular complexity index is 373. The van der Waals surface area contributed by atoms with Gasteiger partial charge in [0.25, 0.3) is 5.56 Å².